The fraction of sp³-hybridized carbons (Fsp3) is 0.250. The molecule has 0 spiro atoms. The summed E-state index contributed by atoms with van der Waals surface area (Å²) in [5.74, 6) is 1.18. The lowest BCUT2D eigenvalue weighted by Gasteiger charge is -2.33. The van der Waals surface area contributed by atoms with Crippen LogP contribution in [0.4, 0.5) is 11.5 Å². The van der Waals surface area contributed by atoms with Crippen molar-refractivity contribution >= 4 is 17.4 Å². The van der Waals surface area contributed by atoms with E-state index in [1.807, 2.05) is 67.7 Å². The molecule has 5 nitrogen and oxygen atoms in total. The largest absolute Gasteiger partial charge is 0.321 e. The monoisotopic (exact) mass is 388 g/mol. The van der Waals surface area contributed by atoms with Crippen LogP contribution >= 0.6 is 0 Å². The summed E-state index contributed by atoms with van der Waals surface area (Å²) >= 11 is 0. The number of carbonyl (C=O) groups is 1. The third kappa shape index (κ3) is 4.63. The zero-order chi connectivity index (χ0) is 20.1. The molecule has 148 valence electrons. The highest BCUT2D eigenvalue weighted by atomic mass is 16.2. The molecule has 2 aromatic carbocycles. The lowest BCUT2D eigenvalue weighted by molar-refractivity contribution is -0.922. The maximum atomic E-state index is 13.3. The standard InChI is InChI=1S/C24H26N4O/c1-19-10-12-21(13-11-19)26-24(29)23(20-7-3-2-4-8-20)28-17-15-27(16-18-28)22-9-5-6-14-25-22/h2-14,23H,15-18H2,1H3,(H,26,29)/p+2/t23-/m0/s1. The van der Waals surface area contributed by atoms with Crippen molar-refractivity contribution < 1.29 is 14.7 Å². The van der Waals surface area contributed by atoms with Crippen LogP contribution in [0.2, 0.25) is 0 Å². The van der Waals surface area contributed by atoms with Crippen molar-refractivity contribution in [3.05, 3.63) is 90.1 Å². The number of anilines is 2. The fourth-order valence-corrected chi connectivity index (χ4v) is 3.97. The van der Waals surface area contributed by atoms with E-state index in [2.05, 4.69) is 33.4 Å². The Morgan fingerprint density at radius 2 is 1.66 bits per heavy atom. The van der Waals surface area contributed by atoms with Gasteiger partial charge in [-0.2, -0.15) is 0 Å². The van der Waals surface area contributed by atoms with Crippen LogP contribution in [0.1, 0.15) is 17.2 Å². The van der Waals surface area contributed by atoms with Gasteiger partial charge in [0.25, 0.3) is 11.7 Å². The molecule has 1 aliphatic heterocycles. The van der Waals surface area contributed by atoms with E-state index in [1.54, 1.807) is 0 Å². The van der Waals surface area contributed by atoms with E-state index in [1.165, 1.54) is 10.5 Å². The number of pyridine rings is 1. The van der Waals surface area contributed by atoms with Crippen molar-refractivity contribution in [3.8, 4) is 0 Å². The molecule has 1 saturated heterocycles. The number of quaternary nitrogens is 1. The Kier molecular flexibility index (Phi) is 5.86. The quantitative estimate of drug-likeness (QED) is 0.701. The van der Waals surface area contributed by atoms with E-state index < -0.39 is 0 Å². The summed E-state index contributed by atoms with van der Waals surface area (Å²) in [4.78, 5) is 20.3. The number of H-pyrrole nitrogens is 1. The van der Waals surface area contributed by atoms with Crippen molar-refractivity contribution in [1.29, 1.82) is 0 Å². The summed E-state index contributed by atoms with van der Waals surface area (Å²) in [6.07, 6.45) is 1.95. The van der Waals surface area contributed by atoms with Gasteiger partial charge in [-0.05, 0) is 25.1 Å². The first kappa shape index (κ1) is 19.2. The van der Waals surface area contributed by atoms with Crippen LogP contribution in [0.5, 0.6) is 0 Å². The van der Waals surface area contributed by atoms with Crippen molar-refractivity contribution in [2.45, 2.75) is 13.0 Å². The number of rotatable bonds is 5. The van der Waals surface area contributed by atoms with Crippen molar-refractivity contribution in [3.63, 3.8) is 0 Å². The number of carbonyl (C=O) groups excluding carboxylic acids is 1. The van der Waals surface area contributed by atoms with E-state index in [9.17, 15) is 4.79 Å². The van der Waals surface area contributed by atoms with Gasteiger partial charge in [-0.15, -0.1) is 0 Å². The Labute approximate surface area is 172 Å². The van der Waals surface area contributed by atoms with E-state index >= 15 is 0 Å². The van der Waals surface area contributed by atoms with Gasteiger partial charge in [0.05, 0.1) is 6.20 Å². The smallest absolute Gasteiger partial charge is 0.287 e. The summed E-state index contributed by atoms with van der Waals surface area (Å²) in [6, 6.07) is 24.0. The van der Waals surface area contributed by atoms with E-state index in [4.69, 9.17) is 0 Å². The van der Waals surface area contributed by atoms with Crippen LogP contribution in [-0.2, 0) is 4.79 Å². The van der Waals surface area contributed by atoms with Gasteiger partial charge in [0.1, 0.15) is 26.2 Å². The normalized spacial score (nSPS) is 15.7. The Morgan fingerprint density at radius 3 is 2.31 bits per heavy atom. The number of benzene rings is 2. The third-order valence-electron chi connectivity index (χ3n) is 5.56. The van der Waals surface area contributed by atoms with Crippen LogP contribution < -0.4 is 20.1 Å². The van der Waals surface area contributed by atoms with Gasteiger partial charge in [0, 0.05) is 17.3 Å². The SMILES string of the molecule is Cc1ccc(NC(=O)[C@H](c2ccccc2)[NH+]2CCN(c3cccc[nH+]3)CC2)cc1. The summed E-state index contributed by atoms with van der Waals surface area (Å²) in [5.41, 5.74) is 3.09. The van der Waals surface area contributed by atoms with Gasteiger partial charge in [-0.3, -0.25) is 9.69 Å². The van der Waals surface area contributed by atoms with E-state index in [0.717, 1.165) is 43.2 Å². The highest BCUT2D eigenvalue weighted by molar-refractivity contribution is 5.94. The predicted octanol–water partition coefficient (Wildman–Crippen LogP) is 1.89. The van der Waals surface area contributed by atoms with Crippen LogP contribution in [0.3, 0.4) is 0 Å². The molecule has 0 unspecified atom stereocenters. The molecular weight excluding hydrogens is 360 g/mol. The number of hydrogen-bond donors (Lipinski definition) is 2. The summed E-state index contributed by atoms with van der Waals surface area (Å²) < 4.78 is 0. The van der Waals surface area contributed by atoms with Crippen LogP contribution in [-0.4, -0.2) is 32.1 Å². The molecule has 0 saturated carbocycles. The van der Waals surface area contributed by atoms with Crippen molar-refractivity contribution in [1.82, 2.24) is 0 Å². The first-order chi connectivity index (χ1) is 14.2. The average Bonchev–Trinajstić information content (AvgIpc) is 2.77. The van der Waals surface area contributed by atoms with Crippen molar-refractivity contribution in [2.75, 3.05) is 36.4 Å². The number of nitrogens with zero attached hydrogens (tertiary/aromatic N) is 1. The molecule has 1 amide bonds. The first-order valence-electron chi connectivity index (χ1n) is 10.2. The van der Waals surface area contributed by atoms with Gasteiger partial charge < -0.3 is 10.2 Å². The number of aryl methyl sites for hydroxylation is 1. The molecule has 1 fully saturated rings. The van der Waals surface area contributed by atoms with Crippen molar-refractivity contribution in [2.24, 2.45) is 0 Å². The number of aromatic nitrogens is 1. The van der Waals surface area contributed by atoms with E-state index in [-0.39, 0.29) is 11.9 Å². The molecule has 0 bridgehead atoms. The fourth-order valence-electron chi connectivity index (χ4n) is 3.97. The molecule has 4 rings (SSSR count). The highest BCUT2D eigenvalue weighted by Crippen LogP contribution is 2.15. The summed E-state index contributed by atoms with van der Waals surface area (Å²) in [6.45, 7) is 5.69. The average molecular weight is 389 g/mol. The van der Waals surface area contributed by atoms with Gasteiger partial charge in [-0.1, -0.05) is 54.1 Å². The topological polar surface area (TPSA) is 50.9 Å². The lowest BCUT2D eigenvalue weighted by atomic mass is 10.0. The number of piperazine rings is 1. The van der Waals surface area contributed by atoms with Crippen LogP contribution in [0.25, 0.3) is 0 Å². The second kappa shape index (κ2) is 8.88. The zero-order valence-corrected chi connectivity index (χ0v) is 16.8. The minimum atomic E-state index is -0.223. The molecule has 2 heterocycles. The molecule has 0 radical (unpaired) electrons. The van der Waals surface area contributed by atoms with Crippen LogP contribution in [0, 0.1) is 6.92 Å². The number of hydrogen-bond acceptors (Lipinski definition) is 2. The molecule has 29 heavy (non-hydrogen) atoms. The number of amides is 1. The molecule has 1 aromatic heterocycles. The minimum Gasteiger partial charge on any atom is -0.321 e. The molecule has 1 aliphatic rings. The molecular formula is C24H28N4O+2. The molecule has 3 N–H and O–H groups in total. The van der Waals surface area contributed by atoms with Gasteiger partial charge in [0.2, 0.25) is 0 Å². The summed E-state index contributed by atoms with van der Waals surface area (Å²) in [5, 5.41) is 3.13. The molecule has 5 heteroatoms. The molecule has 0 aliphatic carbocycles. The second-order valence-corrected chi connectivity index (χ2v) is 7.59. The maximum absolute atomic E-state index is 13.3. The van der Waals surface area contributed by atoms with Gasteiger partial charge in [-0.25, -0.2) is 4.98 Å². The number of nitrogens with one attached hydrogen (secondary N) is 3. The Balaban J connectivity index is 1.51. The predicted molar refractivity (Wildman–Crippen MR) is 115 cm³/mol. The first-order valence-corrected chi connectivity index (χ1v) is 10.2. The Hall–Kier alpha value is -3.18. The van der Waals surface area contributed by atoms with E-state index in [0.29, 0.717) is 0 Å². The zero-order valence-electron chi connectivity index (χ0n) is 16.8. The Bertz CT molecular complexity index is 920. The third-order valence-corrected chi connectivity index (χ3v) is 5.56. The Morgan fingerprint density at radius 1 is 0.966 bits per heavy atom. The summed E-state index contributed by atoms with van der Waals surface area (Å²) in [7, 11) is 0. The second-order valence-electron chi connectivity index (χ2n) is 7.59. The van der Waals surface area contributed by atoms with Gasteiger partial charge >= 0.3 is 0 Å². The highest BCUT2D eigenvalue weighted by Gasteiger charge is 2.36. The number of aromatic amines is 1. The lowest BCUT2D eigenvalue weighted by Crippen LogP contribution is -3.16. The molecule has 3 aromatic rings. The molecule has 1 atom stereocenters. The minimum absolute atomic E-state index is 0.0507. The van der Waals surface area contributed by atoms with Crippen LogP contribution in [0.15, 0.2) is 79.0 Å². The van der Waals surface area contributed by atoms with Gasteiger partial charge in [0.15, 0.2) is 6.04 Å². The maximum Gasteiger partial charge on any atom is 0.287 e.